The van der Waals surface area contributed by atoms with Crippen LogP contribution in [0.5, 0.6) is 0 Å². The molecule has 0 radical (unpaired) electrons. The van der Waals surface area contributed by atoms with Gasteiger partial charge >= 0.3 is 0 Å². The number of carbonyl (C=O) groups excluding carboxylic acids is 1. The second kappa shape index (κ2) is 7.22. The highest BCUT2D eigenvalue weighted by atomic mass is 79.9. The average molecular weight is 348 g/mol. The van der Waals surface area contributed by atoms with Gasteiger partial charge in [-0.3, -0.25) is 4.79 Å². The number of halogens is 1. The van der Waals surface area contributed by atoms with Crippen LogP contribution in [-0.2, 0) is 4.79 Å². The third-order valence-electron chi connectivity index (χ3n) is 3.11. The van der Waals surface area contributed by atoms with Gasteiger partial charge in [0.2, 0.25) is 5.91 Å². The van der Waals surface area contributed by atoms with Crippen LogP contribution < -0.4 is 5.32 Å². The van der Waals surface area contributed by atoms with Crippen LogP contribution in [0.3, 0.4) is 0 Å². The second-order valence-electron chi connectivity index (χ2n) is 4.81. The molecule has 0 aliphatic carbocycles. The highest BCUT2D eigenvalue weighted by Gasteiger charge is 2.12. The van der Waals surface area contributed by atoms with E-state index in [-0.39, 0.29) is 11.9 Å². The van der Waals surface area contributed by atoms with Crippen molar-refractivity contribution in [2.75, 3.05) is 0 Å². The number of amides is 1. The van der Waals surface area contributed by atoms with E-state index in [9.17, 15) is 4.79 Å². The summed E-state index contributed by atoms with van der Waals surface area (Å²) in [6.07, 6.45) is 4.66. The molecule has 1 atom stereocenters. The first kappa shape index (κ1) is 15.5. The molecule has 1 aromatic carbocycles. The van der Waals surface area contributed by atoms with Crippen LogP contribution in [0, 0.1) is 0 Å². The molecule has 0 fully saturated rings. The van der Waals surface area contributed by atoms with E-state index in [4.69, 9.17) is 0 Å². The van der Waals surface area contributed by atoms with E-state index in [1.165, 1.54) is 0 Å². The molecular formula is C16H18BrN3O. The number of aromatic nitrogens is 2. The van der Waals surface area contributed by atoms with E-state index >= 15 is 0 Å². The van der Waals surface area contributed by atoms with Crippen LogP contribution in [0.2, 0.25) is 0 Å². The molecule has 0 saturated carbocycles. The topological polar surface area (TPSA) is 57.8 Å². The van der Waals surface area contributed by atoms with Crippen LogP contribution in [-0.4, -0.2) is 15.9 Å². The summed E-state index contributed by atoms with van der Waals surface area (Å²) >= 11 is 3.41. The molecule has 0 saturated heterocycles. The summed E-state index contributed by atoms with van der Waals surface area (Å²) in [6.45, 7) is 5.52. The molecular weight excluding hydrogens is 330 g/mol. The van der Waals surface area contributed by atoms with E-state index in [0.717, 1.165) is 21.6 Å². The fraction of sp³-hybridized carbons (Fsp3) is 0.250. The van der Waals surface area contributed by atoms with Crippen molar-refractivity contribution in [3.8, 4) is 11.3 Å². The van der Waals surface area contributed by atoms with Gasteiger partial charge in [-0.2, -0.15) is 0 Å². The maximum absolute atomic E-state index is 11.7. The number of allylic oxidation sites excluding steroid dienone is 1. The molecule has 5 heteroatoms. The first-order valence-electron chi connectivity index (χ1n) is 6.81. The molecule has 0 bridgehead atoms. The number of hydrogen-bond donors (Lipinski definition) is 2. The van der Waals surface area contributed by atoms with Crippen LogP contribution in [0.15, 0.2) is 47.6 Å². The zero-order valence-electron chi connectivity index (χ0n) is 11.9. The van der Waals surface area contributed by atoms with Gasteiger partial charge in [0.25, 0.3) is 0 Å². The Kier molecular flexibility index (Phi) is 5.33. The molecule has 1 unspecified atom stereocenters. The standard InChI is InChI=1S/C16H18BrN3O/c1-3-4-5-15(21)19-11(2)16-18-10-14(20-16)12-6-8-13(17)9-7-12/h3,6-11H,1,4-5H2,2H3,(H,18,20)(H,19,21). The van der Waals surface area contributed by atoms with Gasteiger partial charge in [0, 0.05) is 10.9 Å². The number of carbonyl (C=O) groups is 1. The van der Waals surface area contributed by atoms with E-state index in [1.807, 2.05) is 31.2 Å². The monoisotopic (exact) mass is 347 g/mol. The highest BCUT2D eigenvalue weighted by Crippen LogP contribution is 2.21. The fourth-order valence-electron chi connectivity index (χ4n) is 1.95. The lowest BCUT2D eigenvalue weighted by Gasteiger charge is -2.11. The van der Waals surface area contributed by atoms with Gasteiger partial charge < -0.3 is 10.3 Å². The van der Waals surface area contributed by atoms with Crippen LogP contribution in [0.1, 0.15) is 31.6 Å². The number of benzene rings is 1. The Balaban J connectivity index is 2.03. The minimum absolute atomic E-state index is 0.00370. The van der Waals surface area contributed by atoms with Gasteiger partial charge in [0.1, 0.15) is 5.82 Å². The Morgan fingerprint density at radius 3 is 2.86 bits per heavy atom. The minimum atomic E-state index is -0.147. The molecule has 1 heterocycles. The number of imidazole rings is 1. The molecule has 1 amide bonds. The lowest BCUT2D eigenvalue weighted by Crippen LogP contribution is -2.26. The molecule has 21 heavy (non-hydrogen) atoms. The fourth-order valence-corrected chi connectivity index (χ4v) is 2.21. The number of rotatable bonds is 6. The molecule has 1 aromatic heterocycles. The van der Waals surface area contributed by atoms with E-state index in [2.05, 4.69) is 37.8 Å². The van der Waals surface area contributed by atoms with Crippen molar-refractivity contribution < 1.29 is 4.79 Å². The Morgan fingerprint density at radius 1 is 1.48 bits per heavy atom. The highest BCUT2D eigenvalue weighted by molar-refractivity contribution is 9.10. The first-order chi connectivity index (χ1) is 10.1. The van der Waals surface area contributed by atoms with Gasteiger partial charge in [-0.1, -0.05) is 34.1 Å². The molecule has 0 aliphatic rings. The smallest absolute Gasteiger partial charge is 0.220 e. The van der Waals surface area contributed by atoms with Crippen molar-refractivity contribution >= 4 is 21.8 Å². The summed E-state index contributed by atoms with van der Waals surface area (Å²) in [7, 11) is 0. The molecule has 110 valence electrons. The molecule has 2 N–H and O–H groups in total. The molecule has 0 spiro atoms. The van der Waals surface area contributed by atoms with Gasteiger partial charge in [-0.05, 0) is 31.0 Å². The average Bonchev–Trinajstić information content (AvgIpc) is 2.96. The van der Waals surface area contributed by atoms with E-state index < -0.39 is 0 Å². The zero-order valence-corrected chi connectivity index (χ0v) is 13.5. The third-order valence-corrected chi connectivity index (χ3v) is 3.64. The predicted molar refractivity (Wildman–Crippen MR) is 87.7 cm³/mol. The minimum Gasteiger partial charge on any atom is -0.346 e. The number of hydrogen-bond acceptors (Lipinski definition) is 2. The lowest BCUT2D eigenvalue weighted by molar-refractivity contribution is -0.121. The third kappa shape index (κ3) is 4.29. The maximum Gasteiger partial charge on any atom is 0.220 e. The molecule has 2 aromatic rings. The Bertz CT molecular complexity index is 619. The van der Waals surface area contributed by atoms with E-state index in [1.54, 1.807) is 12.3 Å². The van der Waals surface area contributed by atoms with Gasteiger partial charge in [0.05, 0.1) is 17.9 Å². The van der Waals surface area contributed by atoms with E-state index in [0.29, 0.717) is 12.8 Å². The summed E-state index contributed by atoms with van der Waals surface area (Å²) in [5.41, 5.74) is 1.99. The Morgan fingerprint density at radius 2 is 2.19 bits per heavy atom. The number of H-pyrrole nitrogens is 1. The summed E-state index contributed by atoms with van der Waals surface area (Å²) in [4.78, 5) is 19.3. The summed E-state index contributed by atoms with van der Waals surface area (Å²) in [5.74, 6) is 0.754. The predicted octanol–water partition coefficient (Wildman–Crippen LogP) is 3.98. The quantitative estimate of drug-likeness (QED) is 0.776. The van der Waals surface area contributed by atoms with Crippen molar-refractivity contribution in [2.45, 2.75) is 25.8 Å². The molecule has 2 rings (SSSR count). The number of nitrogens with zero attached hydrogens (tertiary/aromatic N) is 1. The van der Waals surface area contributed by atoms with Crippen molar-refractivity contribution in [3.05, 3.63) is 53.4 Å². The Labute approximate surface area is 132 Å². The summed E-state index contributed by atoms with van der Waals surface area (Å²) in [6, 6.07) is 7.84. The van der Waals surface area contributed by atoms with Crippen molar-refractivity contribution in [2.24, 2.45) is 0 Å². The number of nitrogens with one attached hydrogen (secondary N) is 2. The summed E-state index contributed by atoms with van der Waals surface area (Å²) < 4.78 is 1.04. The molecule has 4 nitrogen and oxygen atoms in total. The SMILES string of the molecule is C=CCCC(=O)NC(C)c1ncc(-c2ccc(Br)cc2)[nH]1. The summed E-state index contributed by atoms with van der Waals surface area (Å²) in [5, 5.41) is 2.92. The Hall–Kier alpha value is -1.88. The van der Waals surface area contributed by atoms with Crippen LogP contribution in [0.4, 0.5) is 0 Å². The van der Waals surface area contributed by atoms with Crippen LogP contribution in [0.25, 0.3) is 11.3 Å². The molecule has 0 aliphatic heterocycles. The van der Waals surface area contributed by atoms with Crippen LogP contribution >= 0.6 is 15.9 Å². The number of aromatic amines is 1. The largest absolute Gasteiger partial charge is 0.346 e. The van der Waals surface area contributed by atoms with Crippen molar-refractivity contribution in [1.29, 1.82) is 0 Å². The van der Waals surface area contributed by atoms with Crippen molar-refractivity contribution in [3.63, 3.8) is 0 Å². The zero-order chi connectivity index (χ0) is 15.2. The van der Waals surface area contributed by atoms with Gasteiger partial charge in [-0.25, -0.2) is 4.98 Å². The normalized spacial score (nSPS) is 11.9. The van der Waals surface area contributed by atoms with Gasteiger partial charge in [-0.15, -0.1) is 6.58 Å². The second-order valence-corrected chi connectivity index (χ2v) is 5.72. The first-order valence-corrected chi connectivity index (χ1v) is 7.60. The van der Waals surface area contributed by atoms with Crippen molar-refractivity contribution in [1.82, 2.24) is 15.3 Å². The maximum atomic E-state index is 11.7. The van der Waals surface area contributed by atoms with Gasteiger partial charge in [0.15, 0.2) is 0 Å². The lowest BCUT2D eigenvalue weighted by atomic mass is 10.2.